The van der Waals surface area contributed by atoms with Gasteiger partial charge in [-0.25, -0.2) is 9.97 Å². The molecule has 0 saturated heterocycles. The van der Waals surface area contributed by atoms with E-state index in [-0.39, 0.29) is 5.92 Å². The van der Waals surface area contributed by atoms with Crippen LogP contribution in [0.2, 0.25) is 0 Å². The topological polar surface area (TPSA) is 37.8 Å². The van der Waals surface area contributed by atoms with Crippen LogP contribution in [0.1, 0.15) is 40.2 Å². The van der Waals surface area contributed by atoms with Gasteiger partial charge in [-0.15, -0.1) is 0 Å². The molecule has 3 heteroatoms. The van der Waals surface area contributed by atoms with E-state index in [1.165, 1.54) is 45.4 Å². The van der Waals surface area contributed by atoms with Crippen LogP contribution in [0.25, 0.3) is 56.7 Å². The normalized spacial score (nSPS) is 17.8. The van der Waals surface area contributed by atoms with Gasteiger partial charge in [-0.2, -0.15) is 0 Å². The van der Waals surface area contributed by atoms with Crippen molar-refractivity contribution >= 4 is 23.0 Å². The van der Waals surface area contributed by atoms with Gasteiger partial charge in [0.2, 0.25) is 0 Å². The maximum Gasteiger partial charge on any atom is 0.160 e. The van der Waals surface area contributed by atoms with Crippen LogP contribution < -0.4 is 5.32 Å². The van der Waals surface area contributed by atoms with Gasteiger partial charge in [0.15, 0.2) is 5.82 Å². The van der Waals surface area contributed by atoms with Crippen LogP contribution in [0, 0.1) is 18.8 Å². The number of hydrogen-bond acceptors (Lipinski definition) is 3. The van der Waals surface area contributed by atoms with E-state index < -0.39 is 0 Å². The second-order valence-electron chi connectivity index (χ2n) is 14.7. The lowest BCUT2D eigenvalue weighted by atomic mass is 9.84. The van der Waals surface area contributed by atoms with E-state index in [1.54, 1.807) is 5.57 Å². The first kappa shape index (κ1) is 32.1. The van der Waals surface area contributed by atoms with E-state index in [1.807, 2.05) is 6.08 Å². The highest BCUT2D eigenvalue weighted by molar-refractivity contribution is 5.88. The highest BCUT2D eigenvalue weighted by Crippen LogP contribution is 2.60. The molecule has 3 unspecified atom stereocenters. The van der Waals surface area contributed by atoms with E-state index in [9.17, 15) is 0 Å². The van der Waals surface area contributed by atoms with Gasteiger partial charge in [0.25, 0.3) is 0 Å². The summed E-state index contributed by atoms with van der Waals surface area (Å²) in [5, 5.41) is 3.72. The third kappa shape index (κ3) is 5.70. The molecule has 3 aliphatic rings. The molecule has 0 aliphatic heterocycles. The van der Waals surface area contributed by atoms with Gasteiger partial charge < -0.3 is 5.32 Å². The predicted octanol–water partition coefficient (Wildman–Crippen LogP) is 12.9. The number of benzene rings is 6. The largest absolute Gasteiger partial charge is 0.355 e. The minimum absolute atomic E-state index is 0.258. The molecule has 1 saturated carbocycles. The van der Waals surface area contributed by atoms with Gasteiger partial charge in [-0.05, 0) is 100 Å². The molecule has 10 rings (SSSR count). The Bertz CT molecular complexity index is 2660. The molecular formula is C51H39N3. The molecule has 258 valence electrons. The molecule has 0 amide bonds. The minimum Gasteiger partial charge on any atom is -0.355 e. The van der Waals surface area contributed by atoms with Crippen LogP contribution in [0.4, 0.5) is 11.4 Å². The first-order chi connectivity index (χ1) is 26.6. The third-order valence-corrected chi connectivity index (χ3v) is 11.4. The molecule has 1 aromatic heterocycles. The van der Waals surface area contributed by atoms with Crippen molar-refractivity contribution in [3.63, 3.8) is 0 Å². The van der Waals surface area contributed by atoms with Gasteiger partial charge in [0.05, 0.1) is 11.4 Å². The number of para-hydroxylation sites is 1. The zero-order valence-electron chi connectivity index (χ0n) is 30.2. The summed E-state index contributed by atoms with van der Waals surface area (Å²) >= 11 is 0. The summed E-state index contributed by atoms with van der Waals surface area (Å²) in [4.78, 5) is 10.5. The van der Waals surface area contributed by atoms with Crippen molar-refractivity contribution in [3.8, 4) is 45.0 Å². The SMILES string of the molecule is C=Cc1ccc(-c2cc(-c3cccc(C4C5=C(C=CC6CC56)c5ccccc54)c3)nc(-c3cccc(Nc4ccccc4-c4ccccc4C)c3)n2)cc1. The molecule has 0 spiro atoms. The average molecular weight is 694 g/mol. The number of anilines is 2. The first-order valence-electron chi connectivity index (χ1n) is 18.9. The van der Waals surface area contributed by atoms with Gasteiger partial charge in [0, 0.05) is 39.5 Å². The van der Waals surface area contributed by atoms with Gasteiger partial charge in [-0.3, -0.25) is 0 Å². The smallest absolute Gasteiger partial charge is 0.160 e. The van der Waals surface area contributed by atoms with Gasteiger partial charge in [-0.1, -0.05) is 146 Å². The summed E-state index contributed by atoms with van der Waals surface area (Å²) < 4.78 is 0. The van der Waals surface area contributed by atoms with Crippen LogP contribution in [0.3, 0.4) is 0 Å². The van der Waals surface area contributed by atoms with E-state index in [0.717, 1.165) is 45.0 Å². The summed E-state index contributed by atoms with van der Waals surface area (Å²) in [5.41, 5.74) is 18.7. The fraction of sp³-hybridized carbons (Fsp3) is 0.0980. The molecule has 3 atom stereocenters. The molecule has 7 aromatic rings. The molecule has 3 nitrogen and oxygen atoms in total. The lowest BCUT2D eigenvalue weighted by Gasteiger charge is -2.20. The zero-order chi connectivity index (χ0) is 36.2. The fourth-order valence-corrected chi connectivity index (χ4v) is 8.57. The zero-order valence-corrected chi connectivity index (χ0v) is 30.2. The van der Waals surface area contributed by atoms with Crippen LogP contribution in [-0.2, 0) is 0 Å². The minimum atomic E-state index is 0.258. The van der Waals surface area contributed by atoms with Crippen LogP contribution in [0.5, 0.6) is 0 Å². The van der Waals surface area contributed by atoms with Gasteiger partial charge >= 0.3 is 0 Å². The van der Waals surface area contributed by atoms with E-state index in [0.29, 0.717) is 17.7 Å². The molecule has 0 bridgehead atoms. The van der Waals surface area contributed by atoms with Crippen molar-refractivity contribution in [1.82, 2.24) is 9.97 Å². The van der Waals surface area contributed by atoms with Crippen molar-refractivity contribution in [3.05, 3.63) is 204 Å². The Kier molecular flexibility index (Phi) is 7.80. The quantitative estimate of drug-likeness (QED) is 0.172. The average Bonchev–Trinajstić information content (AvgIpc) is 3.95. The highest BCUT2D eigenvalue weighted by atomic mass is 14.9. The number of hydrogen-bond donors (Lipinski definition) is 1. The lowest BCUT2D eigenvalue weighted by Crippen LogP contribution is -2.05. The fourth-order valence-electron chi connectivity index (χ4n) is 8.57. The van der Waals surface area contributed by atoms with Crippen LogP contribution >= 0.6 is 0 Å². The van der Waals surface area contributed by atoms with E-state index >= 15 is 0 Å². The molecule has 1 heterocycles. The summed E-state index contributed by atoms with van der Waals surface area (Å²) in [6.45, 7) is 6.11. The lowest BCUT2D eigenvalue weighted by molar-refractivity contribution is 0.819. The maximum atomic E-state index is 5.30. The number of fused-ring (bicyclic) bond motifs is 4. The highest BCUT2D eigenvalue weighted by Gasteiger charge is 2.47. The Morgan fingerprint density at radius 2 is 1.37 bits per heavy atom. The van der Waals surface area contributed by atoms with Crippen molar-refractivity contribution in [2.75, 3.05) is 5.32 Å². The van der Waals surface area contributed by atoms with Crippen molar-refractivity contribution in [2.45, 2.75) is 19.3 Å². The van der Waals surface area contributed by atoms with Gasteiger partial charge in [0.1, 0.15) is 0 Å². The van der Waals surface area contributed by atoms with Crippen LogP contribution in [0.15, 0.2) is 176 Å². The monoisotopic (exact) mass is 693 g/mol. The maximum absolute atomic E-state index is 5.30. The second-order valence-corrected chi connectivity index (χ2v) is 14.7. The molecular weight excluding hydrogens is 655 g/mol. The standard InChI is InChI=1S/C51H39N3/c1-3-33-22-24-34(25-23-33)47-31-48(36-13-10-14-37(28-36)49-43-20-7-6-18-41(43)44-27-26-35-30-45(35)50(44)49)54-51(53-47)38-15-11-16-39(29-38)52-46-21-9-8-19-42(46)40-17-5-4-12-32(40)2/h3-29,31,35,45,49,52H,1,30H2,2H3. The third-order valence-electron chi connectivity index (χ3n) is 11.4. The Morgan fingerprint density at radius 1 is 0.648 bits per heavy atom. The summed E-state index contributed by atoms with van der Waals surface area (Å²) in [5.74, 6) is 2.27. The van der Waals surface area contributed by atoms with Crippen molar-refractivity contribution in [2.24, 2.45) is 11.8 Å². The molecule has 0 radical (unpaired) electrons. The number of nitrogens with zero attached hydrogens (tertiary/aromatic N) is 2. The Morgan fingerprint density at radius 3 is 2.20 bits per heavy atom. The Labute approximate surface area is 317 Å². The number of rotatable bonds is 8. The van der Waals surface area contributed by atoms with Crippen molar-refractivity contribution in [1.29, 1.82) is 0 Å². The number of aryl methyl sites for hydroxylation is 1. The van der Waals surface area contributed by atoms with Crippen molar-refractivity contribution < 1.29 is 0 Å². The number of aromatic nitrogens is 2. The predicted molar refractivity (Wildman–Crippen MR) is 224 cm³/mol. The number of nitrogens with one attached hydrogen (secondary N) is 1. The molecule has 3 aliphatic carbocycles. The molecule has 54 heavy (non-hydrogen) atoms. The molecule has 1 N–H and O–H groups in total. The first-order valence-corrected chi connectivity index (χ1v) is 18.9. The molecule has 6 aromatic carbocycles. The summed E-state index contributed by atoms with van der Waals surface area (Å²) in [6, 6.07) is 54.1. The van der Waals surface area contributed by atoms with Crippen LogP contribution in [-0.4, -0.2) is 9.97 Å². The summed E-state index contributed by atoms with van der Waals surface area (Å²) in [7, 11) is 0. The Hall–Kier alpha value is -6.58. The van der Waals surface area contributed by atoms with E-state index in [4.69, 9.17) is 9.97 Å². The number of allylic oxidation sites excluding steroid dienone is 4. The molecule has 1 fully saturated rings. The Balaban J connectivity index is 1.06. The van der Waals surface area contributed by atoms with E-state index in [2.05, 4.69) is 183 Å². The second kappa shape index (κ2) is 13.1. The summed E-state index contributed by atoms with van der Waals surface area (Å²) in [6.07, 6.45) is 7.94.